The van der Waals surface area contributed by atoms with E-state index in [0.29, 0.717) is 5.56 Å². The van der Waals surface area contributed by atoms with Crippen LogP contribution in [0.2, 0.25) is 0 Å². The van der Waals surface area contributed by atoms with Gasteiger partial charge in [0.1, 0.15) is 11.9 Å². The second-order valence-electron chi connectivity index (χ2n) is 7.42. The molecule has 2 aromatic carbocycles. The molecule has 0 saturated carbocycles. The molecule has 0 aromatic heterocycles. The second-order valence-corrected chi connectivity index (χ2v) is 7.42. The molecule has 0 bridgehead atoms. The summed E-state index contributed by atoms with van der Waals surface area (Å²) < 4.78 is 13.2. The smallest absolute Gasteiger partial charge is 0.326 e. The molecule has 0 spiro atoms. The Labute approximate surface area is 153 Å². The number of carboxylic acid groups (broad SMARTS) is 1. The van der Waals surface area contributed by atoms with Gasteiger partial charge in [-0.3, -0.25) is 4.79 Å². The molecule has 0 aliphatic heterocycles. The van der Waals surface area contributed by atoms with E-state index < -0.39 is 23.7 Å². The number of benzene rings is 2. The highest BCUT2D eigenvalue weighted by Crippen LogP contribution is 2.22. The molecular formula is C21H24FNO3. The number of carbonyl (C=O) groups excluding carboxylic acids is 1. The Morgan fingerprint density at radius 3 is 2.27 bits per heavy atom. The van der Waals surface area contributed by atoms with Gasteiger partial charge in [-0.15, -0.1) is 0 Å². The zero-order valence-corrected chi connectivity index (χ0v) is 15.3. The fourth-order valence-corrected chi connectivity index (χ4v) is 2.65. The molecule has 26 heavy (non-hydrogen) atoms. The molecule has 2 aromatic rings. The van der Waals surface area contributed by atoms with Crippen molar-refractivity contribution in [1.29, 1.82) is 0 Å². The highest BCUT2D eigenvalue weighted by Gasteiger charge is 2.21. The van der Waals surface area contributed by atoms with Gasteiger partial charge < -0.3 is 10.4 Å². The number of halogens is 1. The molecular weight excluding hydrogens is 333 g/mol. The Balaban J connectivity index is 2.02. The number of nitrogens with one attached hydrogen (secondary N) is 1. The molecule has 0 heterocycles. The van der Waals surface area contributed by atoms with E-state index in [9.17, 15) is 19.1 Å². The third kappa shape index (κ3) is 5.69. The van der Waals surface area contributed by atoms with Gasteiger partial charge in [-0.1, -0.05) is 57.2 Å². The van der Waals surface area contributed by atoms with E-state index >= 15 is 0 Å². The predicted molar refractivity (Wildman–Crippen MR) is 98.5 cm³/mol. The average molecular weight is 357 g/mol. The Kier molecular flexibility index (Phi) is 6.14. The Hall–Kier alpha value is -2.69. The summed E-state index contributed by atoms with van der Waals surface area (Å²) >= 11 is 0. The maximum absolute atomic E-state index is 13.2. The van der Waals surface area contributed by atoms with Crippen LogP contribution < -0.4 is 5.32 Å². The first kappa shape index (κ1) is 19.6. The van der Waals surface area contributed by atoms with Gasteiger partial charge in [-0.25, -0.2) is 9.18 Å². The third-order valence-electron chi connectivity index (χ3n) is 4.15. The normalized spacial score (nSPS) is 12.5. The number of hydrogen-bond acceptors (Lipinski definition) is 2. The number of hydrogen-bond donors (Lipinski definition) is 2. The van der Waals surface area contributed by atoms with Crippen molar-refractivity contribution in [2.24, 2.45) is 0 Å². The maximum atomic E-state index is 13.2. The van der Waals surface area contributed by atoms with E-state index in [1.54, 1.807) is 6.07 Å². The summed E-state index contributed by atoms with van der Waals surface area (Å²) in [5.41, 5.74) is 2.50. The van der Waals surface area contributed by atoms with Crippen molar-refractivity contribution in [1.82, 2.24) is 5.32 Å². The van der Waals surface area contributed by atoms with Crippen molar-refractivity contribution in [3.8, 4) is 0 Å². The molecule has 0 radical (unpaired) electrons. The van der Waals surface area contributed by atoms with E-state index in [1.165, 1.54) is 18.2 Å². The highest BCUT2D eigenvalue weighted by molar-refractivity contribution is 5.85. The van der Waals surface area contributed by atoms with Crippen molar-refractivity contribution >= 4 is 11.9 Å². The summed E-state index contributed by atoms with van der Waals surface area (Å²) in [5, 5.41) is 11.9. The zero-order chi connectivity index (χ0) is 19.3. The van der Waals surface area contributed by atoms with Crippen LogP contribution in [-0.2, 0) is 27.8 Å². The fourth-order valence-electron chi connectivity index (χ4n) is 2.65. The molecule has 0 fully saturated rings. The molecule has 2 rings (SSSR count). The molecule has 0 aliphatic carbocycles. The standard InChI is InChI=1S/C21H24FNO3/c1-21(2,3)16-9-7-14(8-10-16)12-18(20(25)26)23-19(24)13-15-5-4-6-17(22)11-15/h4-11,18H,12-13H2,1-3H3,(H,23,24)(H,25,26)/t18-/m1/s1. The lowest BCUT2D eigenvalue weighted by Gasteiger charge is -2.20. The van der Waals surface area contributed by atoms with E-state index in [2.05, 4.69) is 26.1 Å². The van der Waals surface area contributed by atoms with Crippen LogP contribution in [0.25, 0.3) is 0 Å². The largest absolute Gasteiger partial charge is 0.480 e. The van der Waals surface area contributed by atoms with Gasteiger partial charge in [0.05, 0.1) is 6.42 Å². The van der Waals surface area contributed by atoms with Gasteiger partial charge in [-0.05, 0) is 34.2 Å². The SMILES string of the molecule is CC(C)(C)c1ccc(C[C@@H](NC(=O)Cc2cccc(F)c2)C(=O)O)cc1. The molecule has 0 saturated heterocycles. The van der Waals surface area contributed by atoms with Crippen LogP contribution in [0, 0.1) is 5.82 Å². The lowest BCUT2D eigenvalue weighted by molar-refractivity contribution is -0.141. The number of carbonyl (C=O) groups is 2. The quantitative estimate of drug-likeness (QED) is 0.832. The Bertz CT molecular complexity index is 779. The zero-order valence-electron chi connectivity index (χ0n) is 15.3. The van der Waals surface area contributed by atoms with Gasteiger partial charge in [0.2, 0.25) is 5.91 Å². The molecule has 4 nitrogen and oxygen atoms in total. The number of amides is 1. The van der Waals surface area contributed by atoms with Crippen LogP contribution in [0.5, 0.6) is 0 Å². The van der Waals surface area contributed by atoms with E-state index in [1.807, 2.05) is 24.3 Å². The molecule has 5 heteroatoms. The van der Waals surface area contributed by atoms with Crippen LogP contribution in [-0.4, -0.2) is 23.0 Å². The topological polar surface area (TPSA) is 66.4 Å². The fraction of sp³-hybridized carbons (Fsp3) is 0.333. The molecule has 2 N–H and O–H groups in total. The first-order valence-corrected chi connectivity index (χ1v) is 8.51. The Morgan fingerprint density at radius 1 is 1.08 bits per heavy atom. The second kappa shape index (κ2) is 8.13. The molecule has 1 amide bonds. The average Bonchev–Trinajstić information content (AvgIpc) is 2.53. The minimum atomic E-state index is -1.10. The summed E-state index contributed by atoms with van der Waals surface area (Å²) in [4.78, 5) is 23.6. The van der Waals surface area contributed by atoms with Crippen molar-refractivity contribution < 1.29 is 19.1 Å². The van der Waals surface area contributed by atoms with Crippen LogP contribution in [0.1, 0.15) is 37.5 Å². The summed E-state index contributed by atoms with van der Waals surface area (Å²) in [5.74, 6) is -1.98. The number of rotatable bonds is 6. The third-order valence-corrected chi connectivity index (χ3v) is 4.15. The van der Waals surface area contributed by atoms with Gasteiger partial charge in [0.25, 0.3) is 0 Å². The number of carboxylic acids is 1. The lowest BCUT2D eigenvalue weighted by Crippen LogP contribution is -2.43. The van der Waals surface area contributed by atoms with Crippen molar-refractivity contribution in [3.63, 3.8) is 0 Å². The van der Waals surface area contributed by atoms with Crippen molar-refractivity contribution in [2.75, 3.05) is 0 Å². The van der Waals surface area contributed by atoms with Crippen LogP contribution >= 0.6 is 0 Å². The van der Waals surface area contributed by atoms with Gasteiger partial charge in [-0.2, -0.15) is 0 Å². The van der Waals surface area contributed by atoms with Crippen LogP contribution in [0.4, 0.5) is 4.39 Å². The molecule has 1 atom stereocenters. The molecule has 138 valence electrons. The van der Waals surface area contributed by atoms with Crippen LogP contribution in [0.15, 0.2) is 48.5 Å². The van der Waals surface area contributed by atoms with Crippen LogP contribution in [0.3, 0.4) is 0 Å². The monoisotopic (exact) mass is 357 g/mol. The summed E-state index contributed by atoms with van der Waals surface area (Å²) in [6, 6.07) is 12.4. The molecule has 0 unspecified atom stereocenters. The summed E-state index contributed by atoms with van der Waals surface area (Å²) in [6.45, 7) is 6.32. The Morgan fingerprint density at radius 2 is 1.73 bits per heavy atom. The van der Waals surface area contributed by atoms with Gasteiger partial charge in [0, 0.05) is 6.42 Å². The van der Waals surface area contributed by atoms with E-state index in [-0.39, 0.29) is 18.3 Å². The summed E-state index contributed by atoms with van der Waals surface area (Å²) in [6.07, 6.45) is 0.124. The minimum absolute atomic E-state index is 0.0178. The summed E-state index contributed by atoms with van der Waals surface area (Å²) in [7, 11) is 0. The first-order valence-electron chi connectivity index (χ1n) is 8.51. The van der Waals surface area contributed by atoms with Crippen molar-refractivity contribution in [2.45, 2.75) is 45.1 Å². The minimum Gasteiger partial charge on any atom is -0.480 e. The van der Waals surface area contributed by atoms with E-state index in [0.717, 1.165) is 11.1 Å². The van der Waals surface area contributed by atoms with Gasteiger partial charge in [0.15, 0.2) is 0 Å². The lowest BCUT2D eigenvalue weighted by atomic mass is 9.86. The maximum Gasteiger partial charge on any atom is 0.326 e. The number of aliphatic carboxylic acids is 1. The van der Waals surface area contributed by atoms with E-state index in [4.69, 9.17) is 0 Å². The highest BCUT2D eigenvalue weighted by atomic mass is 19.1. The molecule has 0 aliphatic rings. The van der Waals surface area contributed by atoms with Crippen molar-refractivity contribution in [3.05, 3.63) is 71.0 Å². The van der Waals surface area contributed by atoms with Gasteiger partial charge >= 0.3 is 5.97 Å². The first-order chi connectivity index (χ1) is 12.1. The predicted octanol–water partition coefficient (Wildman–Crippen LogP) is 3.48.